The number of ether oxygens (including phenoxy) is 2. The Hall–Kier alpha value is -2.54. The number of benzene rings is 2. The lowest BCUT2D eigenvalue weighted by Gasteiger charge is -2.15. The van der Waals surface area contributed by atoms with Gasteiger partial charge in [-0.25, -0.2) is 0 Å². The lowest BCUT2D eigenvalue weighted by atomic mass is 10.3. The Morgan fingerprint density at radius 1 is 1.07 bits per heavy atom. The first kappa shape index (κ1) is 19.2. The zero-order valence-corrected chi connectivity index (χ0v) is 16.4. The van der Waals surface area contributed by atoms with Crippen LogP contribution in [0.3, 0.4) is 0 Å². The van der Waals surface area contributed by atoms with Crippen LogP contribution in [-0.2, 0) is 9.59 Å². The first-order chi connectivity index (χ1) is 13.1. The molecule has 1 N–H and O–H groups in total. The van der Waals surface area contributed by atoms with Crippen molar-refractivity contribution in [2.45, 2.75) is 12.8 Å². The number of halogens is 1. The Labute approximate surface area is 166 Å². The predicted octanol–water partition coefficient (Wildman–Crippen LogP) is 3.47. The van der Waals surface area contributed by atoms with Crippen LogP contribution < -0.4 is 14.8 Å². The van der Waals surface area contributed by atoms with Crippen LogP contribution in [0.2, 0.25) is 0 Å². The molecule has 0 radical (unpaired) electrons. The minimum Gasteiger partial charge on any atom is -0.490 e. The second-order valence-electron chi connectivity index (χ2n) is 6.15. The topological polar surface area (TPSA) is 67.9 Å². The van der Waals surface area contributed by atoms with E-state index in [1.165, 1.54) is 0 Å². The molecular weight excluding hydrogens is 412 g/mol. The third kappa shape index (κ3) is 5.99. The average molecular weight is 433 g/mol. The molecule has 6 nitrogen and oxygen atoms in total. The number of rotatable bonds is 8. The molecule has 0 aromatic heterocycles. The number of amides is 2. The van der Waals surface area contributed by atoms with Crippen LogP contribution in [0.5, 0.6) is 11.5 Å². The number of hydrogen-bond donors (Lipinski definition) is 1. The summed E-state index contributed by atoms with van der Waals surface area (Å²) in [6, 6.07) is 14.8. The molecule has 1 aliphatic heterocycles. The molecule has 0 atom stereocenters. The molecule has 2 aromatic carbocycles. The highest BCUT2D eigenvalue weighted by Gasteiger charge is 2.22. The third-order valence-electron chi connectivity index (χ3n) is 4.04. The number of nitrogens with one attached hydrogen (secondary N) is 1. The highest BCUT2D eigenvalue weighted by atomic mass is 79.9. The van der Waals surface area contributed by atoms with Crippen molar-refractivity contribution in [1.29, 1.82) is 0 Å². The monoisotopic (exact) mass is 432 g/mol. The molecule has 1 aliphatic rings. The van der Waals surface area contributed by atoms with E-state index in [9.17, 15) is 9.59 Å². The minimum absolute atomic E-state index is 0.0349. The molecule has 2 amide bonds. The normalized spacial score (nSPS) is 13.5. The zero-order chi connectivity index (χ0) is 19.1. The van der Waals surface area contributed by atoms with Crippen molar-refractivity contribution in [2.75, 3.05) is 31.6 Å². The molecule has 1 fully saturated rings. The fourth-order valence-corrected chi connectivity index (χ4v) is 3.16. The van der Waals surface area contributed by atoms with Gasteiger partial charge in [0.1, 0.15) is 24.7 Å². The maximum absolute atomic E-state index is 12.1. The molecule has 0 aliphatic carbocycles. The Balaban J connectivity index is 1.44. The van der Waals surface area contributed by atoms with Gasteiger partial charge in [-0.05, 0) is 36.8 Å². The summed E-state index contributed by atoms with van der Waals surface area (Å²) >= 11 is 3.40. The van der Waals surface area contributed by atoms with Crippen molar-refractivity contribution in [3.8, 4) is 11.5 Å². The van der Waals surface area contributed by atoms with Crippen LogP contribution in [0.1, 0.15) is 12.8 Å². The van der Waals surface area contributed by atoms with E-state index in [0.717, 1.165) is 16.6 Å². The van der Waals surface area contributed by atoms with Gasteiger partial charge in [0.25, 0.3) is 0 Å². The molecule has 0 unspecified atom stereocenters. The lowest BCUT2D eigenvalue weighted by Crippen LogP contribution is -2.33. The maximum Gasteiger partial charge on any atom is 0.243 e. The number of hydrogen-bond acceptors (Lipinski definition) is 4. The fourth-order valence-electron chi connectivity index (χ4n) is 2.78. The molecule has 27 heavy (non-hydrogen) atoms. The number of carbonyl (C=O) groups excluding carboxylic acids is 2. The summed E-state index contributed by atoms with van der Waals surface area (Å²) in [5.74, 6) is 1.24. The smallest absolute Gasteiger partial charge is 0.243 e. The van der Waals surface area contributed by atoms with Gasteiger partial charge < -0.3 is 19.7 Å². The first-order valence-corrected chi connectivity index (χ1v) is 9.58. The van der Waals surface area contributed by atoms with Gasteiger partial charge in [-0.15, -0.1) is 0 Å². The van der Waals surface area contributed by atoms with Crippen LogP contribution in [0.4, 0.5) is 5.69 Å². The van der Waals surface area contributed by atoms with Crippen LogP contribution >= 0.6 is 15.9 Å². The van der Waals surface area contributed by atoms with Crippen molar-refractivity contribution in [3.05, 3.63) is 53.0 Å². The number of anilines is 1. The second-order valence-corrected chi connectivity index (χ2v) is 7.06. The number of likely N-dealkylation sites (tertiary alicyclic amines) is 1. The van der Waals surface area contributed by atoms with E-state index in [0.29, 0.717) is 37.6 Å². The van der Waals surface area contributed by atoms with E-state index < -0.39 is 0 Å². The summed E-state index contributed by atoms with van der Waals surface area (Å²) in [6.07, 6.45) is 1.34. The van der Waals surface area contributed by atoms with E-state index in [2.05, 4.69) is 21.2 Å². The standard InChI is InChI=1S/C20H21BrN2O4/c21-15-4-1-6-17(12-15)26-10-11-27-18-7-2-5-16(13-18)22-19(24)14-23-9-3-8-20(23)25/h1-2,4-7,12-13H,3,8-11,14H2,(H,22,24). The van der Waals surface area contributed by atoms with Crippen LogP contribution in [0.15, 0.2) is 53.0 Å². The lowest BCUT2D eigenvalue weighted by molar-refractivity contribution is -0.131. The second kappa shape index (κ2) is 9.41. The fraction of sp³-hybridized carbons (Fsp3) is 0.300. The van der Waals surface area contributed by atoms with Crippen molar-refractivity contribution < 1.29 is 19.1 Å². The zero-order valence-electron chi connectivity index (χ0n) is 14.8. The van der Waals surface area contributed by atoms with Gasteiger partial charge >= 0.3 is 0 Å². The van der Waals surface area contributed by atoms with Crippen molar-refractivity contribution in [1.82, 2.24) is 4.90 Å². The van der Waals surface area contributed by atoms with Gasteiger partial charge in [0.05, 0.1) is 6.54 Å². The van der Waals surface area contributed by atoms with Gasteiger partial charge in [0.2, 0.25) is 11.8 Å². The summed E-state index contributed by atoms with van der Waals surface area (Å²) in [5, 5.41) is 2.80. The summed E-state index contributed by atoms with van der Waals surface area (Å²) in [7, 11) is 0. The Morgan fingerprint density at radius 3 is 2.44 bits per heavy atom. The molecular formula is C20H21BrN2O4. The molecule has 1 heterocycles. The Morgan fingerprint density at radius 2 is 1.78 bits per heavy atom. The molecule has 0 spiro atoms. The first-order valence-electron chi connectivity index (χ1n) is 8.79. The SMILES string of the molecule is O=C(CN1CCCC1=O)Nc1cccc(OCCOc2cccc(Br)c2)c1. The Bertz CT molecular complexity index is 812. The van der Waals surface area contributed by atoms with E-state index >= 15 is 0 Å². The quantitative estimate of drug-likeness (QED) is 0.648. The van der Waals surface area contributed by atoms with Crippen LogP contribution in [0.25, 0.3) is 0 Å². The number of nitrogens with zero attached hydrogens (tertiary/aromatic N) is 1. The summed E-state index contributed by atoms with van der Waals surface area (Å²) in [4.78, 5) is 25.3. The highest BCUT2D eigenvalue weighted by Crippen LogP contribution is 2.19. The maximum atomic E-state index is 12.1. The highest BCUT2D eigenvalue weighted by molar-refractivity contribution is 9.10. The predicted molar refractivity (Wildman–Crippen MR) is 106 cm³/mol. The summed E-state index contributed by atoms with van der Waals surface area (Å²) < 4.78 is 12.3. The minimum atomic E-state index is -0.208. The Kier molecular flexibility index (Phi) is 6.70. The van der Waals surface area contributed by atoms with Gasteiger partial charge in [-0.2, -0.15) is 0 Å². The molecule has 142 valence electrons. The van der Waals surface area contributed by atoms with Crippen molar-refractivity contribution in [2.24, 2.45) is 0 Å². The number of carbonyl (C=O) groups is 2. The molecule has 2 aromatic rings. The molecule has 7 heteroatoms. The summed E-state index contributed by atoms with van der Waals surface area (Å²) in [5.41, 5.74) is 0.636. The average Bonchev–Trinajstić information content (AvgIpc) is 3.04. The van der Waals surface area contributed by atoms with Gasteiger partial charge in [0.15, 0.2) is 0 Å². The molecule has 3 rings (SSSR count). The largest absolute Gasteiger partial charge is 0.490 e. The van der Waals surface area contributed by atoms with Crippen molar-refractivity contribution >= 4 is 33.4 Å². The third-order valence-corrected chi connectivity index (χ3v) is 4.53. The van der Waals surface area contributed by atoms with Crippen molar-refractivity contribution in [3.63, 3.8) is 0 Å². The molecule has 0 bridgehead atoms. The van der Waals surface area contributed by atoms with E-state index in [-0.39, 0.29) is 18.4 Å². The van der Waals surface area contributed by atoms with E-state index in [1.807, 2.05) is 30.3 Å². The summed E-state index contributed by atoms with van der Waals surface area (Å²) in [6.45, 7) is 1.52. The van der Waals surface area contributed by atoms with Crippen LogP contribution in [-0.4, -0.2) is 43.0 Å². The van der Waals surface area contributed by atoms with E-state index in [4.69, 9.17) is 9.47 Å². The van der Waals surface area contributed by atoms with E-state index in [1.54, 1.807) is 23.1 Å². The van der Waals surface area contributed by atoms with Gasteiger partial charge in [-0.3, -0.25) is 9.59 Å². The molecule has 0 saturated carbocycles. The molecule has 1 saturated heterocycles. The van der Waals surface area contributed by atoms with Gasteiger partial charge in [-0.1, -0.05) is 28.1 Å². The van der Waals surface area contributed by atoms with Crippen LogP contribution in [0, 0.1) is 0 Å². The van der Waals surface area contributed by atoms with Gasteiger partial charge in [0, 0.05) is 29.2 Å².